The molecule has 0 spiro atoms. The van der Waals surface area contributed by atoms with Crippen molar-refractivity contribution in [1.29, 1.82) is 0 Å². The minimum absolute atomic E-state index is 0.00570. The van der Waals surface area contributed by atoms with Crippen molar-refractivity contribution in [3.05, 3.63) is 94.8 Å². The predicted octanol–water partition coefficient (Wildman–Crippen LogP) is 4.99. The van der Waals surface area contributed by atoms with Crippen LogP contribution in [0.5, 0.6) is 0 Å². The van der Waals surface area contributed by atoms with Crippen LogP contribution in [0.1, 0.15) is 38.3 Å². The van der Waals surface area contributed by atoms with Crippen LogP contribution < -0.4 is 10.6 Å². The highest BCUT2D eigenvalue weighted by Crippen LogP contribution is 2.33. The molecule has 36 heavy (non-hydrogen) atoms. The van der Waals surface area contributed by atoms with Crippen molar-refractivity contribution in [1.82, 2.24) is 19.5 Å². The third-order valence-electron chi connectivity index (χ3n) is 5.23. The summed E-state index contributed by atoms with van der Waals surface area (Å²) in [6.07, 6.45) is 1.57. The molecule has 0 aliphatic rings. The summed E-state index contributed by atoms with van der Waals surface area (Å²) in [6, 6.07) is 8.27. The van der Waals surface area contributed by atoms with Gasteiger partial charge in [0.2, 0.25) is 5.95 Å². The van der Waals surface area contributed by atoms with Crippen molar-refractivity contribution in [2.75, 3.05) is 17.7 Å². The van der Waals surface area contributed by atoms with Crippen LogP contribution in [-0.4, -0.2) is 32.5 Å². The molecule has 0 fully saturated rings. The number of hydrogen-bond donors (Lipinski definition) is 2. The van der Waals surface area contributed by atoms with Gasteiger partial charge in [0, 0.05) is 48.1 Å². The number of rotatable bonds is 4. The van der Waals surface area contributed by atoms with E-state index >= 15 is 0 Å². The van der Waals surface area contributed by atoms with Crippen LogP contribution in [0.4, 0.5) is 24.8 Å². The highest BCUT2D eigenvalue weighted by molar-refractivity contribution is 6.04. The largest absolute Gasteiger partial charge is 0.416 e. The molecule has 0 atom stereocenters. The number of imidazole rings is 1. The average Bonchev–Trinajstić information content (AvgIpc) is 3.29. The Morgan fingerprint density at radius 1 is 1.00 bits per heavy atom. The third kappa shape index (κ3) is 5.70. The maximum absolute atomic E-state index is 13.5. The number of carbonyl (C=O) groups is 1. The molecular formula is C26H21F3N6O. The van der Waals surface area contributed by atoms with E-state index in [2.05, 4.69) is 37.4 Å². The molecule has 0 saturated heterocycles. The molecule has 182 valence electrons. The number of nitrogens with zero attached hydrogens (tertiary/aromatic N) is 4. The van der Waals surface area contributed by atoms with Crippen LogP contribution in [0.2, 0.25) is 0 Å². The number of nitrogens with one attached hydrogen (secondary N) is 2. The number of hydrogen-bond acceptors (Lipinski definition) is 5. The number of anilines is 2. The molecule has 0 radical (unpaired) electrons. The van der Waals surface area contributed by atoms with Crippen molar-refractivity contribution in [2.45, 2.75) is 20.0 Å². The van der Waals surface area contributed by atoms with Gasteiger partial charge in [-0.1, -0.05) is 17.9 Å². The van der Waals surface area contributed by atoms with Crippen LogP contribution >= 0.6 is 0 Å². The van der Waals surface area contributed by atoms with Crippen LogP contribution in [0.25, 0.3) is 5.69 Å². The molecule has 1 amide bonds. The van der Waals surface area contributed by atoms with Gasteiger partial charge in [-0.15, -0.1) is 0 Å². The lowest BCUT2D eigenvalue weighted by molar-refractivity contribution is -0.137. The molecular weight excluding hydrogens is 469 g/mol. The third-order valence-corrected chi connectivity index (χ3v) is 5.23. The molecule has 2 N–H and O–H groups in total. The summed E-state index contributed by atoms with van der Waals surface area (Å²) in [5, 5.41) is 5.39. The smallest absolute Gasteiger partial charge is 0.357 e. The summed E-state index contributed by atoms with van der Waals surface area (Å²) < 4.78 is 42.1. The predicted molar refractivity (Wildman–Crippen MR) is 130 cm³/mol. The van der Waals surface area contributed by atoms with Crippen molar-refractivity contribution in [3.8, 4) is 17.5 Å². The molecule has 4 aromatic rings. The van der Waals surface area contributed by atoms with Gasteiger partial charge in [0.25, 0.3) is 5.91 Å². The first-order valence-electron chi connectivity index (χ1n) is 10.8. The van der Waals surface area contributed by atoms with Crippen molar-refractivity contribution in [3.63, 3.8) is 0 Å². The van der Waals surface area contributed by atoms with Gasteiger partial charge in [-0.05, 0) is 49.7 Å². The van der Waals surface area contributed by atoms with Crippen LogP contribution in [0, 0.1) is 25.7 Å². The van der Waals surface area contributed by atoms with Crippen molar-refractivity contribution < 1.29 is 18.0 Å². The second-order valence-electron chi connectivity index (χ2n) is 7.97. The first-order chi connectivity index (χ1) is 17.1. The summed E-state index contributed by atoms with van der Waals surface area (Å²) >= 11 is 0. The fraction of sp³-hybridized carbons (Fsp3) is 0.154. The van der Waals surface area contributed by atoms with E-state index in [-0.39, 0.29) is 16.9 Å². The molecule has 4 rings (SSSR count). The van der Waals surface area contributed by atoms with E-state index < -0.39 is 17.6 Å². The summed E-state index contributed by atoms with van der Waals surface area (Å²) in [5.74, 6) is 5.86. The van der Waals surface area contributed by atoms with Crippen molar-refractivity contribution in [2.24, 2.45) is 0 Å². The van der Waals surface area contributed by atoms with Crippen LogP contribution in [0.3, 0.4) is 0 Å². The second-order valence-corrected chi connectivity index (χ2v) is 7.97. The van der Waals surface area contributed by atoms with Gasteiger partial charge in [-0.25, -0.2) is 15.0 Å². The van der Waals surface area contributed by atoms with Crippen LogP contribution in [-0.2, 0) is 6.18 Å². The highest BCUT2D eigenvalue weighted by Gasteiger charge is 2.31. The van der Waals surface area contributed by atoms with Gasteiger partial charge in [-0.2, -0.15) is 13.2 Å². The van der Waals surface area contributed by atoms with Gasteiger partial charge in [0.05, 0.1) is 23.1 Å². The average molecular weight is 490 g/mol. The number of halogens is 3. The Kier molecular flexibility index (Phi) is 6.74. The zero-order chi connectivity index (χ0) is 25.9. The normalized spacial score (nSPS) is 10.9. The summed E-state index contributed by atoms with van der Waals surface area (Å²) in [4.78, 5) is 25.2. The molecule has 2 aromatic carbocycles. The summed E-state index contributed by atoms with van der Waals surface area (Å²) in [7, 11) is 1.71. The maximum atomic E-state index is 13.5. The Labute approximate surface area is 205 Å². The Morgan fingerprint density at radius 3 is 2.39 bits per heavy atom. The maximum Gasteiger partial charge on any atom is 0.416 e. The first-order valence-corrected chi connectivity index (χ1v) is 10.8. The van der Waals surface area contributed by atoms with Gasteiger partial charge in [0.15, 0.2) is 0 Å². The highest BCUT2D eigenvalue weighted by atomic mass is 19.4. The number of carbonyl (C=O) groups excluding carboxylic acids is 1. The zero-order valence-electron chi connectivity index (χ0n) is 19.6. The number of benzene rings is 2. The monoisotopic (exact) mass is 490 g/mol. The number of alkyl halides is 3. The fourth-order valence-corrected chi connectivity index (χ4v) is 3.32. The van der Waals surface area contributed by atoms with Crippen LogP contribution in [0.15, 0.2) is 61.3 Å². The summed E-state index contributed by atoms with van der Waals surface area (Å²) in [5.41, 5.74) is 2.27. The minimum Gasteiger partial charge on any atom is -0.357 e. The number of aryl methyl sites for hydroxylation is 2. The Hall–Kier alpha value is -4.65. The van der Waals surface area contributed by atoms with E-state index in [9.17, 15) is 18.0 Å². The molecule has 0 aliphatic carbocycles. The number of amides is 1. The van der Waals surface area contributed by atoms with E-state index in [0.717, 1.165) is 17.7 Å². The van der Waals surface area contributed by atoms with Gasteiger partial charge in [-0.3, -0.25) is 4.79 Å². The Bertz CT molecular complexity index is 1480. The lowest BCUT2D eigenvalue weighted by Gasteiger charge is -2.14. The second kappa shape index (κ2) is 9.92. The van der Waals surface area contributed by atoms with E-state index in [0.29, 0.717) is 22.8 Å². The Morgan fingerprint density at radius 2 is 1.75 bits per heavy atom. The molecule has 0 unspecified atom stereocenters. The fourth-order valence-electron chi connectivity index (χ4n) is 3.32. The zero-order valence-corrected chi connectivity index (χ0v) is 19.6. The first kappa shape index (κ1) is 24.5. The van der Waals surface area contributed by atoms with Gasteiger partial charge in [0.1, 0.15) is 0 Å². The number of aromatic nitrogens is 4. The van der Waals surface area contributed by atoms with Crippen molar-refractivity contribution >= 4 is 17.5 Å². The lowest BCUT2D eigenvalue weighted by Crippen LogP contribution is -2.14. The summed E-state index contributed by atoms with van der Waals surface area (Å²) in [6.45, 7) is 3.58. The van der Waals surface area contributed by atoms with E-state index in [1.807, 2.05) is 6.92 Å². The topological polar surface area (TPSA) is 84.7 Å². The molecule has 2 heterocycles. The molecule has 10 heteroatoms. The Balaban J connectivity index is 1.62. The SMILES string of the molecule is CNc1ncc(C#Cc2cc(C(=O)Nc3cc(-n4cnc(C)c4)cc(C(F)(F)F)c3)ccc2C)cn1. The van der Waals surface area contributed by atoms with E-state index in [1.165, 1.54) is 17.0 Å². The standard InChI is InChI=1S/C26H21F3N6O/c1-16-4-6-20(8-19(16)7-5-18-12-31-25(30-3)32-13-18)24(36)34-22-9-21(26(27,28)29)10-23(11-22)35-14-17(2)33-15-35/h4,6,8-15H,1-3H3,(H,34,36)(H,30,31,32). The molecule has 0 saturated carbocycles. The van der Waals surface area contributed by atoms with Gasteiger partial charge >= 0.3 is 6.18 Å². The molecule has 0 aliphatic heterocycles. The van der Waals surface area contributed by atoms with Gasteiger partial charge < -0.3 is 15.2 Å². The lowest BCUT2D eigenvalue weighted by atomic mass is 10.0. The molecule has 7 nitrogen and oxygen atoms in total. The van der Waals surface area contributed by atoms with E-state index in [4.69, 9.17) is 0 Å². The molecule has 0 bridgehead atoms. The quantitative estimate of drug-likeness (QED) is 0.394. The molecule has 2 aromatic heterocycles. The minimum atomic E-state index is -4.59. The van der Waals surface area contributed by atoms with E-state index in [1.54, 1.807) is 50.8 Å².